The first-order chi connectivity index (χ1) is 14.7. The number of benzene rings is 1. The number of hydrogen-bond donors (Lipinski definition) is 4. The molecule has 1 aromatic rings. The van der Waals surface area contributed by atoms with Crippen molar-refractivity contribution in [3.63, 3.8) is 0 Å². The number of nitrogens with one attached hydrogen (secondary N) is 1. The van der Waals surface area contributed by atoms with Gasteiger partial charge in [0.15, 0.2) is 0 Å². The third-order valence-electron chi connectivity index (χ3n) is 6.37. The lowest BCUT2D eigenvalue weighted by Gasteiger charge is -2.40. The minimum atomic E-state index is -1.17. The second-order valence-electron chi connectivity index (χ2n) is 8.68. The average Bonchev–Trinajstić information content (AvgIpc) is 3.35. The molecule has 2 unspecified atom stereocenters. The number of carboxylic acid groups (broad SMARTS) is 1. The van der Waals surface area contributed by atoms with Crippen molar-refractivity contribution in [1.82, 2.24) is 10.2 Å². The normalized spacial score (nSPS) is 25.4. The standard InChI is InChI=1S/C20H26BN3O7/c1-9(19(26)23-5-14(22)25)6-24-7-11(8-24)30-13-4-3-12-15-10(2)17(15)21(29)31-18(12)16(13)20(27)28/h3-4,9-11,15,17,29H,5-8H2,1-2H3,(H2,22,25)(H,23,26)(H,27,28)/t9-,10-,15?,17?/m0/s1. The Balaban J connectivity index is 1.37. The number of rotatable bonds is 8. The number of aromatic carboxylic acids is 1. The van der Waals surface area contributed by atoms with Gasteiger partial charge in [0.25, 0.3) is 0 Å². The summed E-state index contributed by atoms with van der Waals surface area (Å²) in [6.45, 7) is 5.13. The molecule has 0 spiro atoms. The van der Waals surface area contributed by atoms with Gasteiger partial charge < -0.3 is 30.6 Å². The molecule has 2 heterocycles. The molecule has 1 aliphatic carbocycles. The third kappa shape index (κ3) is 4.07. The number of nitrogens with zero attached hydrogens (tertiary/aromatic N) is 1. The Morgan fingerprint density at radius 3 is 2.74 bits per heavy atom. The Kier molecular flexibility index (Phi) is 5.57. The summed E-state index contributed by atoms with van der Waals surface area (Å²) in [5, 5.41) is 22.4. The van der Waals surface area contributed by atoms with Crippen LogP contribution in [0.4, 0.5) is 0 Å². The maximum Gasteiger partial charge on any atom is 0.526 e. The summed E-state index contributed by atoms with van der Waals surface area (Å²) in [6.07, 6.45) is -0.224. The monoisotopic (exact) mass is 431 g/mol. The molecular formula is C20H26BN3O7. The van der Waals surface area contributed by atoms with Gasteiger partial charge in [-0.05, 0) is 23.5 Å². The van der Waals surface area contributed by atoms with E-state index >= 15 is 0 Å². The Morgan fingerprint density at radius 2 is 2.10 bits per heavy atom. The van der Waals surface area contributed by atoms with Crippen molar-refractivity contribution in [1.29, 1.82) is 0 Å². The second kappa shape index (κ2) is 8.05. The zero-order chi connectivity index (χ0) is 22.4. The molecule has 31 heavy (non-hydrogen) atoms. The van der Waals surface area contributed by atoms with Crippen LogP contribution in [0, 0.1) is 11.8 Å². The predicted molar refractivity (Wildman–Crippen MR) is 110 cm³/mol. The van der Waals surface area contributed by atoms with Crippen LogP contribution in [0.25, 0.3) is 0 Å². The highest BCUT2D eigenvalue weighted by molar-refractivity contribution is 6.48. The number of carbonyl (C=O) groups excluding carboxylic acids is 2. The van der Waals surface area contributed by atoms with Crippen LogP contribution in [0.15, 0.2) is 12.1 Å². The zero-order valence-electron chi connectivity index (χ0n) is 17.4. The van der Waals surface area contributed by atoms with Crippen molar-refractivity contribution in [2.45, 2.75) is 31.7 Å². The smallest absolute Gasteiger partial charge is 0.526 e. The number of hydrogen-bond acceptors (Lipinski definition) is 7. The highest BCUT2D eigenvalue weighted by Gasteiger charge is 2.60. The minimum absolute atomic E-state index is 0.00302. The molecule has 10 nitrogen and oxygen atoms in total. The van der Waals surface area contributed by atoms with E-state index in [-0.39, 0.29) is 59.2 Å². The predicted octanol–water partition coefficient (Wildman–Crippen LogP) is -0.338. The molecule has 2 aliphatic heterocycles. The van der Waals surface area contributed by atoms with Crippen LogP contribution >= 0.6 is 0 Å². The van der Waals surface area contributed by atoms with Gasteiger partial charge in [-0.2, -0.15) is 0 Å². The first-order valence-electron chi connectivity index (χ1n) is 10.4. The van der Waals surface area contributed by atoms with Crippen molar-refractivity contribution in [3.8, 4) is 11.5 Å². The first kappa shape index (κ1) is 21.4. The van der Waals surface area contributed by atoms with Crippen molar-refractivity contribution < 1.29 is 33.9 Å². The van der Waals surface area contributed by atoms with Crippen LogP contribution in [0.2, 0.25) is 5.82 Å². The maximum absolute atomic E-state index is 12.0. The van der Waals surface area contributed by atoms with Gasteiger partial charge in [-0.25, -0.2) is 4.79 Å². The van der Waals surface area contributed by atoms with E-state index in [0.29, 0.717) is 19.6 Å². The minimum Gasteiger partial charge on any atom is -0.535 e. The van der Waals surface area contributed by atoms with Crippen molar-refractivity contribution in [2.24, 2.45) is 17.6 Å². The Labute approximate surface area is 179 Å². The van der Waals surface area contributed by atoms with Crippen LogP contribution in [-0.4, -0.2) is 72.2 Å². The molecule has 1 aromatic carbocycles. The lowest BCUT2D eigenvalue weighted by Crippen LogP contribution is -2.56. The average molecular weight is 431 g/mol. The molecule has 1 saturated carbocycles. The number of fused-ring (bicyclic) bond motifs is 3. The van der Waals surface area contributed by atoms with E-state index in [0.717, 1.165) is 5.56 Å². The van der Waals surface area contributed by atoms with E-state index in [1.165, 1.54) is 0 Å². The molecule has 4 rings (SSSR count). The fourth-order valence-corrected chi connectivity index (χ4v) is 4.64. The summed E-state index contributed by atoms with van der Waals surface area (Å²) in [4.78, 5) is 36.7. The molecule has 3 aliphatic rings. The summed E-state index contributed by atoms with van der Waals surface area (Å²) < 4.78 is 11.5. The van der Waals surface area contributed by atoms with Crippen molar-refractivity contribution in [2.75, 3.05) is 26.2 Å². The van der Waals surface area contributed by atoms with Gasteiger partial charge in [0.2, 0.25) is 11.8 Å². The quantitative estimate of drug-likeness (QED) is 0.408. The fourth-order valence-electron chi connectivity index (χ4n) is 4.64. The summed E-state index contributed by atoms with van der Waals surface area (Å²) >= 11 is 0. The Hall–Kier alpha value is -2.79. The van der Waals surface area contributed by atoms with E-state index < -0.39 is 19.0 Å². The number of amides is 2. The molecule has 0 aromatic heterocycles. The molecular weight excluding hydrogens is 405 g/mol. The van der Waals surface area contributed by atoms with Crippen LogP contribution < -0.4 is 20.4 Å². The van der Waals surface area contributed by atoms with Gasteiger partial charge in [0.1, 0.15) is 23.2 Å². The van der Waals surface area contributed by atoms with Gasteiger partial charge in [-0.15, -0.1) is 0 Å². The maximum atomic E-state index is 12.0. The molecule has 11 heteroatoms. The molecule has 2 fully saturated rings. The number of nitrogens with two attached hydrogens (primary N) is 1. The second-order valence-corrected chi connectivity index (χ2v) is 8.68. The Morgan fingerprint density at radius 1 is 1.39 bits per heavy atom. The number of primary amides is 1. The van der Waals surface area contributed by atoms with E-state index in [4.69, 9.17) is 15.1 Å². The summed E-state index contributed by atoms with van der Waals surface area (Å²) in [6, 6.07) is 3.49. The molecule has 0 bridgehead atoms. The fraction of sp³-hybridized carbons (Fsp3) is 0.550. The lowest BCUT2D eigenvalue weighted by atomic mass is 9.76. The first-order valence-corrected chi connectivity index (χ1v) is 10.4. The van der Waals surface area contributed by atoms with Crippen molar-refractivity contribution >= 4 is 24.9 Å². The van der Waals surface area contributed by atoms with E-state index in [1.807, 2.05) is 17.9 Å². The SMILES string of the molecule is C[C@@H]1C2B(O)Oc3c(ccc(OC4CN(C[C@H](C)C(=O)NCC(N)=O)C4)c3C(=O)O)C21. The largest absolute Gasteiger partial charge is 0.535 e. The molecule has 1 saturated heterocycles. The highest BCUT2D eigenvalue weighted by Crippen LogP contribution is 2.65. The van der Waals surface area contributed by atoms with Crippen LogP contribution in [-0.2, 0) is 9.59 Å². The summed E-state index contributed by atoms with van der Waals surface area (Å²) in [7, 11) is -1.01. The van der Waals surface area contributed by atoms with Crippen LogP contribution in [0.5, 0.6) is 11.5 Å². The van der Waals surface area contributed by atoms with Crippen LogP contribution in [0.1, 0.15) is 35.7 Å². The lowest BCUT2D eigenvalue weighted by molar-refractivity contribution is -0.128. The van der Waals surface area contributed by atoms with Gasteiger partial charge in [0.05, 0.1) is 6.54 Å². The van der Waals surface area contributed by atoms with E-state index in [9.17, 15) is 24.5 Å². The number of carboxylic acids is 1. The molecule has 5 N–H and O–H groups in total. The van der Waals surface area contributed by atoms with E-state index in [2.05, 4.69) is 5.32 Å². The summed E-state index contributed by atoms with van der Waals surface area (Å²) in [5.74, 6) is -1.60. The number of carbonyl (C=O) groups is 3. The molecule has 166 valence electrons. The third-order valence-corrected chi connectivity index (χ3v) is 6.37. The molecule has 2 amide bonds. The Bertz CT molecular complexity index is 920. The van der Waals surface area contributed by atoms with Crippen LogP contribution in [0.3, 0.4) is 0 Å². The number of ether oxygens (including phenoxy) is 1. The van der Waals surface area contributed by atoms with Gasteiger partial charge >= 0.3 is 13.1 Å². The topological polar surface area (TPSA) is 151 Å². The van der Waals surface area contributed by atoms with Gasteiger partial charge in [-0.1, -0.05) is 19.9 Å². The zero-order valence-corrected chi connectivity index (χ0v) is 17.4. The molecule has 4 atom stereocenters. The van der Waals surface area contributed by atoms with Crippen molar-refractivity contribution in [3.05, 3.63) is 23.3 Å². The van der Waals surface area contributed by atoms with Gasteiger partial charge in [0, 0.05) is 31.4 Å². The highest BCUT2D eigenvalue weighted by atomic mass is 16.5. The van der Waals surface area contributed by atoms with Gasteiger partial charge in [-0.3, -0.25) is 14.5 Å². The molecule has 0 radical (unpaired) electrons. The summed E-state index contributed by atoms with van der Waals surface area (Å²) in [5.41, 5.74) is 5.77. The van der Waals surface area contributed by atoms with E-state index in [1.54, 1.807) is 13.0 Å². The number of likely N-dealkylation sites (tertiary alicyclic amines) is 1.